The molecule has 0 aliphatic rings. The van der Waals surface area contributed by atoms with Crippen molar-refractivity contribution in [3.8, 4) is 6.07 Å². The molecule has 0 aliphatic heterocycles. The zero-order chi connectivity index (χ0) is 10.7. The van der Waals surface area contributed by atoms with E-state index in [1.54, 1.807) is 6.07 Å². The highest BCUT2D eigenvalue weighted by molar-refractivity contribution is 5.32. The third-order valence-corrected chi connectivity index (χ3v) is 1.72. The van der Waals surface area contributed by atoms with Gasteiger partial charge in [-0.1, -0.05) is 0 Å². The number of aromatic amines is 1. The van der Waals surface area contributed by atoms with Crippen LogP contribution in [0, 0.1) is 11.3 Å². The molecule has 0 aromatic carbocycles. The summed E-state index contributed by atoms with van der Waals surface area (Å²) in [6, 6.07) is 2.81. The van der Waals surface area contributed by atoms with Crippen LogP contribution in [0.4, 0.5) is 8.78 Å². The lowest BCUT2D eigenvalue weighted by Gasteiger charge is -2.05. The quantitative estimate of drug-likeness (QED) is 0.733. The molecule has 1 aromatic heterocycles. The van der Waals surface area contributed by atoms with E-state index >= 15 is 0 Å². The molecule has 14 heavy (non-hydrogen) atoms. The van der Waals surface area contributed by atoms with Gasteiger partial charge in [0.05, 0.1) is 5.56 Å². The van der Waals surface area contributed by atoms with Gasteiger partial charge in [-0.15, -0.1) is 0 Å². The van der Waals surface area contributed by atoms with Crippen LogP contribution in [0.1, 0.15) is 23.2 Å². The van der Waals surface area contributed by atoms with Crippen molar-refractivity contribution in [3.63, 3.8) is 0 Å². The smallest absolute Gasteiger partial charge is 0.269 e. The fourth-order valence-electron chi connectivity index (χ4n) is 1.09. The SMILES string of the molecule is N#Cc1cc(CN)c(C(F)F)c(=O)[nH]1. The number of nitrogens with two attached hydrogens (primary N) is 1. The highest BCUT2D eigenvalue weighted by Gasteiger charge is 2.17. The van der Waals surface area contributed by atoms with Crippen molar-refractivity contribution >= 4 is 0 Å². The summed E-state index contributed by atoms with van der Waals surface area (Å²) < 4.78 is 24.7. The molecule has 0 atom stereocenters. The van der Waals surface area contributed by atoms with Gasteiger partial charge in [0.1, 0.15) is 11.8 Å². The number of nitrogens with one attached hydrogen (secondary N) is 1. The number of pyridine rings is 1. The van der Waals surface area contributed by atoms with E-state index in [2.05, 4.69) is 0 Å². The zero-order valence-corrected chi connectivity index (χ0v) is 7.05. The van der Waals surface area contributed by atoms with Gasteiger partial charge in [0, 0.05) is 6.54 Å². The van der Waals surface area contributed by atoms with Crippen LogP contribution in [-0.2, 0) is 6.54 Å². The second kappa shape index (κ2) is 3.98. The molecular weight excluding hydrogens is 192 g/mol. The summed E-state index contributed by atoms with van der Waals surface area (Å²) in [4.78, 5) is 13.1. The van der Waals surface area contributed by atoms with Gasteiger partial charge in [-0.25, -0.2) is 8.78 Å². The molecule has 0 saturated carbocycles. The second-order valence-electron chi connectivity index (χ2n) is 2.57. The van der Waals surface area contributed by atoms with E-state index in [9.17, 15) is 13.6 Å². The molecule has 1 aromatic rings. The Balaban J connectivity index is 3.45. The summed E-state index contributed by atoms with van der Waals surface area (Å²) in [7, 11) is 0. The minimum absolute atomic E-state index is 0.000278. The predicted octanol–water partition coefficient (Wildman–Crippen LogP) is 0.643. The highest BCUT2D eigenvalue weighted by atomic mass is 19.3. The maximum absolute atomic E-state index is 12.4. The van der Waals surface area contributed by atoms with Gasteiger partial charge in [-0.3, -0.25) is 4.79 Å². The van der Waals surface area contributed by atoms with Gasteiger partial charge < -0.3 is 10.7 Å². The molecule has 0 spiro atoms. The third-order valence-electron chi connectivity index (χ3n) is 1.72. The summed E-state index contributed by atoms with van der Waals surface area (Å²) in [6.45, 7) is -0.196. The largest absolute Gasteiger partial charge is 0.326 e. The van der Waals surface area contributed by atoms with Crippen molar-refractivity contribution in [1.82, 2.24) is 4.98 Å². The van der Waals surface area contributed by atoms with E-state index in [1.165, 1.54) is 0 Å². The van der Waals surface area contributed by atoms with E-state index in [0.29, 0.717) is 0 Å². The number of rotatable bonds is 2. The first kappa shape index (κ1) is 10.3. The Morgan fingerprint density at radius 2 is 2.29 bits per heavy atom. The van der Waals surface area contributed by atoms with Crippen LogP contribution in [0.5, 0.6) is 0 Å². The van der Waals surface area contributed by atoms with Gasteiger partial charge >= 0.3 is 0 Å². The molecule has 0 saturated heterocycles. The van der Waals surface area contributed by atoms with E-state index in [0.717, 1.165) is 6.07 Å². The lowest BCUT2D eigenvalue weighted by Crippen LogP contribution is -2.19. The highest BCUT2D eigenvalue weighted by Crippen LogP contribution is 2.18. The first-order chi connectivity index (χ1) is 6.60. The van der Waals surface area contributed by atoms with Crippen molar-refractivity contribution in [2.45, 2.75) is 13.0 Å². The van der Waals surface area contributed by atoms with Crippen LogP contribution in [0.2, 0.25) is 0 Å². The molecule has 3 N–H and O–H groups in total. The van der Waals surface area contributed by atoms with Gasteiger partial charge in [-0.05, 0) is 11.6 Å². The summed E-state index contributed by atoms with van der Waals surface area (Å²) in [6.07, 6.45) is -2.88. The topological polar surface area (TPSA) is 82.7 Å². The number of aromatic nitrogens is 1. The fourth-order valence-corrected chi connectivity index (χ4v) is 1.09. The lowest BCUT2D eigenvalue weighted by atomic mass is 10.1. The molecule has 0 unspecified atom stereocenters. The number of hydrogen-bond acceptors (Lipinski definition) is 3. The fraction of sp³-hybridized carbons (Fsp3) is 0.250. The number of nitrogens with zero attached hydrogens (tertiary/aromatic N) is 1. The molecule has 6 heteroatoms. The van der Waals surface area contributed by atoms with Crippen LogP contribution in [-0.4, -0.2) is 4.98 Å². The van der Waals surface area contributed by atoms with Crippen molar-refractivity contribution < 1.29 is 8.78 Å². The monoisotopic (exact) mass is 199 g/mol. The lowest BCUT2D eigenvalue weighted by molar-refractivity contribution is 0.148. The molecule has 74 valence electrons. The van der Waals surface area contributed by atoms with Gasteiger partial charge in [0.25, 0.3) is 12.0 Å². The summed E-state index contributed by atoms with van der Waals surface area (Å²) in [5, 5.41) is 8.46. The summed E-state index contributed by atoms with van der Waals surface area (Å²) in [5.74, 6) is 0. The molecule has 0 radical (unpaired) electrons. The maximum Gasteiger partial charge on any atom is 0.269 e. The molecule has 4 nitrogen and oxygen atoms in total. The van der Waals surface area contributed by atoms with Crippen LogP contribution in [0.15, 0.2) is 10.9 Å². The maximum atomic E-state index is 12.4. The molecule has 0 bridgehead atoms. The second-order valence-corrected chi connectivity index (χ2v) is 2.57. The minimum Gasteiger partial charge on any atom is -0.326 e. The number of H-pyrrole nitrogens is 1. The number of alkyl halides is 2. The Bertz CT molecular complexity index is 433. The molecule has 0 fully saturated rings. The van der Waals surface area contributed by atoms with Crippen molar-refractivity contribution in [2.75, 3.05) is 0 Å². The number of halogens is 2. The van der Waals surface area contributed by atoms with Gasteiger partial charge in [0.15, 0.2) is 0 Å². The Labute approximate surface area is 78.0 Å². The normalized spacial score (nSPS) is 10.2. The van der Waals surface area contributed by atoms with Gasteiger partial charge in [-0.2, -0.15) is 5.26 Å². The number of hydrogen-bond donors (Lipinski definition) is 2. The Hall–Kier alpha value is -1.74. The first-order valence-electron chi connectivity index (χ1n) is 3.74. The zero-order valence-electron chi connectivity index (χ0n) is 7.05. The first-order valence-corrected chi connectivity index (χ1v) is 3.74. The standard InChI is InChI=1S/C8H7F2N3O/c9-7(10)6-4(2-11)1-5(3-12)13-8(6)14/h1,7H,2,11H2,(H,13,14). The van der Waals surface area contributed by atoms with Crippen molar-refractivity contribution in [3.05, 3.63) is 33.2 Å². The van der Waals surface area contributed by atoms with Crippen molar-refractivity contribution in [1.29, 1.82) is 5.26 Å². The van der Waals surface area contributed by atoms with Crippen LogP contribution in [0.25, 0.3) is 0 Å². The van der Waals surface area contributed by atoms with E-state index in [1.807, 2.05) is 4.98 Å². The van der Waals surface area contributed by atoms with Gasteiger partial charge in [0.2, 0.25) is 0 Å². The minimum atomic E-state index is -2.88. The van der Waals surface area contributed by atoms with Crippen LogP contribution < -0.4 is 11.3 Å². The predicted molar refractivity (Wildman–Crippen MR) is 44.6 cm³/mol. The summed E-state index contributed by atoms with van der Waals surface area (Å²) >= 11 is 0. The molecule has 0 amide bonds. The van der Waals surface area contributed by atoms with E-state index in [-0.39, 0.29) is 17.8 Å². The Morgan fingerprint density at radius 1 is 1.64 bits per heavy atom. The van der Waals surface area contributed by atoms with E-state index < -0.39 is 17.5 Å². The number of nitriles is 1. The third kappa shape index (κ3) is 1.78. The summed E-state index contributed by atoms with van der Waals surface area (Å²) in [5.41, 5.74) is 3.50. The molecule has 1 heterocycles. The molecule has 1 rings (SSSR count). The average molecular weight is 199 g/mol. The Kier molecular flexibility index (Phi) is 2.94. The van der Waals surface area contributed by atoms with Crippen molar-refractivity contribution in [2.24, 2.45) is 5.73 Å². The van der Waals surface area contributed by atoms with Crippen LogP contribution in [0.3, 0.4) is 0 Å². The van der Waals surface area contributed by atoms with Crippen LogP contribution >= 0.6 is 0 Å². The average Bonchev–Trinajstić information content (AvgIpc) is 2.15. The Morgan fingerprint density at radius 3 is 2.71 bits per heavy atom. The molecule has 0 aliphatic carbocycles. The molecular formula is C8H7F2N3O. The van der Waals surface area contributed by atoms with E-state index in [4.69, 9.17) is 11.0 Å².